The van der Waals surface area contributed by atoms with Gasteiger partial charge in [0.25, 0.3) is 11.9 Å². The monoisotopic (exact) mass is 365 g/mol. The maximum absolute atomic E-state index is 12.4. The van der Waals surface area contributed by atoms with Crippen molar-refractivity contribution < 1.29 is 9.53 Å². The minimum Gasteiger partial charge on any atom is -0.465 e. The normalized spacial score (nSPS) is 16.1. The van der Waals surface area contributed by atoms with Crippen LogP contribution < -0.4 is 5.32 Å². The fourth-order valence-corrected chi connectivity index (χ4v) is 2.87. The maximum atomic E-state index is 12.4. The Bertz CT molecular complexity index is 584. The summed E-state index contributed by atoms with van der Waals surface area (Å²) in [7, 11) is 0. The summed E-state index contributed by atoms with van der Waals surface area (Å²) in [5.41, 5.74) is 0.418. The standard InChI is InChI=1S/C19H28ClN3O2/c1-15(2)14-25-19(21-10-13-23-11-6-3-7-12-23)22-18(24)16-8-4-5-9-17(16)20/h4-5,8-9,15H,3,6-7,10-14H2,1-2H3,(H,21,22,24). The molecule has 1 fully saturated rings. The van der Waals surface area contributed by atoms with E-state index in [1.165, 1.54) is 19.3 Å². The van der Waals surface area contributed by atoms with Crippen molar-refractivity contribution in [3.63, 3.8) is 0 Å². The van der Waals surface area contributed by atoms with E-state index in [1.54, 1.807) is 24.3 Å². The second-order valence-electron chi connectivity index (χ2n) is 6.73. The van der Waals surface area contributed by atoms with Crippen LogP contribution in [0, 0.1) is 5.92 Å². The van der Waals surface area contributed by atoms with E-state index in [9.17, 15) is 4.79 Å². The number of carbonyl (C=O) groups excluding carboxylic acids is 1. The van der Waals surface area contributed by atoms with Crippen LogP contribution in [-0.4, -0.2) is 49.6 Å². The Balaban J connectivity index is 1.95. The number of likely N-dealkylation sites (tertiary alicyclic amines) is 1. The number of benzene rings is 1. The Morgan fingerprint density at radius 3 is 2.68 bits per heavy atom. The number of amidine groups is 1. The largest absolute Gasteiger partial charge is 0.465 e. The van der Waals surface area contributed by atoms with Gasteiger partial charge in [-0.1, -0.05) is 44.0 Å². The maximum Gasteiger partial charge on any atom is 0.291 e. The molecule has 5 nitrogen and oxygen atoms in total. The van der Waals surface area contributed by atoms with Gasteiger partial charge in [-0.25, -0.2) is 4.99 Å². The van der Waals surface area contributed by atoms with Crippen LogP contribution in [0.25, 0.3) is 0 Å². The van der Waals surface area contributed by atoms with Gasteiger partial charge in [-0.15, -0.1) is 0 Å². The lowest BCUT2D eigenvalue weighted by molar-refractivity contribution is 0.0963. The Morgan fingerprint density at radius 1 is 1.28 bits per heavy atom. The predicted octanol–water partition coefficient (Wildman–Crippen LogP) is 3.58. The number of ether oxygens (including phenoxy) is 1. The van der Waals surface area contributed by atoms with Crippen molar-refractivity contribution >= 4 is 23.5 Å². The molecule has 1 N–H and O–H groups in total. The van der Waals surface area contributed by atoms with Gasteiger partial charge in [-0.3, -0.25) is 10.1 Å². The van der Waals surface area contributed by atoms with E-state index in [0.717, 1.165) is 19.6 Å². The van der Waals surface area contributed by atoms with Gasteiger partial charge in [0.05, 0.1) is 23.7 Å². The van der Waals surface area contributed by atoms with E-state index in [1.807, 2.05) is 0 Å². The van der Waals surface area contributed by atoms with Crippen molar-refractivity contribution in [2.24, 2.45) is 10.9 Å². The summed E-state index contributed by atoms with van der Waals surface area (Å²) in [5, 5.41) is 3.17. The topological polar surface area (TPSA) is 53.9 Å². The molecule has 0 saturated carbocycles. The number of nitrogens with zero attached hydrogens (tertiary/aromatic N) is 2. The van der Waals surface area contributed by atoms with Crippen molar-refractivity contribution in [2.45, 2.75) is 33.1 Å². The first-order chi connectivity index (χ1) is 12.1. The van der Waals surface area contributed by atoms with Gasteiger partial charge in [0.15, 0.2) is 0 Å². The molecule has 0 radical (unpaired) electrons. The van der Waals surface area contributed by atoms with Crippen molar-refractivity contribution in [2.75, 3.05) is 32.8 Å². The Morgan fingerprint density at radius 2 is 2.00 bits per heavy atom. The zero-order chi connectivity index (χ0) is 18.1. The van der Waals surface area contributed by atoms with E-state index < -0.39 is 0 Å². The molecule has 2 rings (SSSR count). The second kappa shape index (κ2) is 10.4. The molecule has 1 aliphatic rings. The van der Waals surface area contributed by atoms with Crippen LogP contribution in [0.2, 0.25) is 5.02 Å². The Hall–Kier alpha value is -1.59. The van der Waals surface area contributed by atoms with Crippen LogP contribution in [0.3, 0.4) is 0 Å². The van der Waals surface area contributed by atoms with Crippen LogP contribution >= 0.6 is 11.6 Å². The molecule has 0 unspecified atom stereocenters. The van der Waals surface area contributed by atoms with Crippen LogP contribution in [0.4, 0.5) is 0 Å². The number of aliphatic imine (C=N–C) groups is 1. The summed E-state index contributed by atoms with van der Waals surface area (Å²) in [6.07, 6.45) is 3.82. The van der Waals surface area contributed by atoms with Crippen molar-refractivity contribution in [3.8, 4) is 0 Å². The molecule has 138 valence electrons. The molecule has 1 heterocycles. The lowest BCUT2D eigenvalue weighted by Gasteiger charge is -2.25. The zero-order valence-electron chi connectivity index (χ0n) is 15.1. The first kappa shape index (κ1) is 19.7. The molecule has 25 heavy (non-hydrogen) atoms. The van der Waals surface area contributed by atoms with Crippen LogP contribution in [-0.2, 0) is 4.74 Å². The third-order valence-electron chi connectivity index (χ3n) is 4.01. The molecule has 6 heteroatoms. The first-order valence-corrected chi connectivity index (χ1v) is 9.39. The van der Waals surface area contributed by atoms with Crippen LogP contribution in [0.1, 0.15) is 43.5 Å². The number of carbonyl (C=O) groups is 1. The quantitative estimate of drug-likeness (QED) is 0.619. The van der Waals surface area contributed by atoms with Gasteiger partial charge in [-0.05, 0) is 44.0 Å². The average molecular weight is 366 g/mol. The molecular formula is C19H28ClN3O2. The summed E-state index contributed by atoms with van der Waals surface area (Å²) >= 11 is 6.09. The van der Waals surface area contributed by atoms with E-state index in [0.29, 0.717) is 29.7 Å². The molecule has 0 spiro atoms. The first-order valence-electron chi connectivity index (χ1n) is 9.01. The van der Waals surface area contributed by atoms with Crippen LogP contribution in [0.15, 0.2) is 29.3 Å². The highest BCUT2D eigenvalue weighted by molar-refractivity contribution is 6.34. The minimum absolute atomic E-state index is 0.274. The summed E-state index contributed by atoms with van der Waals surface area (Å²) < 4.78 is 5.68. The van der Waals surface area contributed by atoms with Gasteiger partial charge in [-0.2, -0.15) is 0 Å². The third kappa shape index (κ3) is 7.04. The summed E-state index contributed by atoms with van der Waals surface area (Å²) in [5.74, 6) is 0.0515. The third-order valence-corrected chi connectivity index (χ3v) is 4.34. The van der Waals surface area contributed by atoms with E-state index in [2.05, 4.69) is 29.1 Å². The lowest BCUT2D eigenvalue weighted by Crippen LogP contribution is -2.35. The SMILES string of the molecule is CC(C)COC(=NCCN1CCCCC1)NC(=O)c1ccccc1Cl. The highest BCUT2D eigenvalue weighted by atomic mass is 35.5. The molecule has 1 amide bonds. The van der Waals surface area contributed by atoms with E-state index >= 15 is 0 Å². The van der Waals surface area contributed by atoms with Crippen molar-refractivity contribution in [1.29, 1.82) is 0 Å². The number of hydrogen-bond acceptors (Lipinski definition) is 4. The number of piperidine rings is 1. The van der Waals surface area contributed by atoms with Gasteiger partial charge < -0.3 is 9.64 Å². The van der Waals surface area contributed by atoms with Gasteiger partial charge in [0.1, 0.15) is 0 Å². The molecule has 0 aromatic heterocycles. The van der Waals surface area contributed by atoms with Crippen LogP contribution in [0.5, 0.6) is 0 Å². The summed E-state index contributed by atoms with van der Waals surface area (Å²) in [4.78, 5) is 19.3. The van der Waals surface area contributed by atoms with Crippen molar-refractivity contribution in [1.82, 2.24) is 10.2 Å². The van der Waals surface area contributed by atoms with Gasteiger partial charge in [0.2, 0.25) is 0 Å². The molecule has 1 aliphatic heterocycles. The number of nitrogens with one attached hydrogen (secondary N) is 1. The molecule has 1 saturated heterocycles. The number of rotatable bonds is 6. The summed E-state index contributed by atoms with van der Waals surface area (Å²) in [6, 6.07) is 7.23. The lowest BCUT2D eigenvalue weighted by atomic mass is 10.1. The molecule has 1 aromatic rings. The van der Waals surface area contributed by atoms with Gasteiger partial charge in [0, 0.05) is 6.54 Å². The Kier molecular flexibility index (Phi) is 8.22. The Labute approximate surface area is 155 Å². The van der Waals surface area contributed by atoms with Gasteiger partial charge >= 0.3 is 0 Å². The van der Waals surface area contributed by atoms with E-state index in [4.69, 9.17) is 16.3 Å². The number of amides is 1. The molecular weight excluding hydrogens is 338 g/mol. The average Bonchev–Trinajstić information content (AvgIpc) is 2.60. The fraction of sp³-hybridized carbons (Fsp3) is 0.579. The number of hydrogen-bond donors (Lipinski definition) is 1. The highest BCUT2D eigenvalue weighted by Crippen LogP contribution is 2.14. The molecule has 1 aromatic carbocycles. The predicted molar refractivity (Wildman–Crippen MR) is 102 cm³/mol. The second-order valence-corrected chi connectivity index (χ2v) is 7.14. The molecule has 0 atom stereocenters. The molecule has 0 aliphatic carbocycles. The zero-order valence-corrected chi connectivity index (χ0v) is 15.9. The van der Waals surface area contributed by atoms with E-state index in [-0.39, 0.29) is 11.9 Å². The smallest absolute Gasteiger partial charge is 0.291 e. The number of halogens is 1. The fourth-order valence-electron chi connectivity index (χ4n) is 2.65. The highest BCUT2D eigenvalue weighted by Gasteiger charge is 2.14. The summed E-state index contributed by atoms with van der Waals surface area (Å²) in [6.45, 7) is 8.37. The molecule has 0 bridgehead atoms. The van der Waals surface area contributed by atoms with Crippen molar-refractivity contribution in [3.05, 3.63) is 34.9 Å². The minimum atomic E-state index is -0.300.